The molecule has 0 bridgehead atoms. The summed E-state index contributed by atoms with van der Waals surface area (Å²) in [5, 5.41) is 5.79. The fourth-order valence-electron chi connectivity index (χ4n) is 2.56. The molecule has 0 aliphatic carbocycles. The minimum atomic E-state index is -0.236. The van der Waals surface area contributed by atoms with Crippen LogP contribution >= 0.6 is 0 Å². The van der Waals surface area contributed by atoms with E-state index in [0.717, 1.165) is 16.9 Å². The van der Waals surface area contributed by atoms with Crippen LogP contribution in [0.4, 0.5) is 4.79 Å². The van der Waals surface area contributed by atoms with Crippen LogP contribution in [-0.4, -0.2) is 26.4 Å². The summed E-state index contributed by atoms with van der Waals surface area (Å²) >= 11 is 0. The van der Waals surface area contributed by atoms with Crippen LogP contribution in [0, 0.1) is 0 Å². The average molecular weight is 372 g/mol. The highest BCUT2D eigenvalue weighted by Crippen LogP contribution is 2.31. The summed E-state index contributed by atoms with van der Waals surface area (Å²) in [4.78, 5) is 12.2. The van der Waals surface area contributed by atoms with E-state index in [1.807, 2.05) is 63.2 Å². The fourth-order valence-corrected chi connectivity index (χ4v) is 2.56. The van der Waals surface area contributed by atoms with Gasteiger partial charge in [0.25, 0.3) is 0 Å². The van der Waals surface area contributed by atoms with E-state index >= 15 is 0 Å². The van der Waals surface area contributed by atoms with Gasteiger partial charge < -0.3 is 24.8 Å². The SMILES string of the molecule is COc1ccc(CNC(=O)NC(C)c2ccc(OC(C)C)c(OC)c2)cc1. The average Bonchev–Trinajstić information content (AvgIpc) is 2.66. The molecule has 1 atom stereocenters. The number of amides is 2. The molecule has 1 unspecified atom stereocenters. The molecule has 0 radical (unpaired) electrons. The highest BCUT2D eigenvalue weighted by Gasteiger charge is 2.13. The molecular weight excluding hydrogens is 344 g/mol. The highest BCUT2D eigenvalue weighted by molar-refractivity contribution is 5.74. The summed E-state index contributed by atoms with van der Waals surface area (Å²) in [7, 11) is 3.23. The molecule has 27 heavy (non-hydrogen) atoms. The van der Waals surface area contributed by atoms with E-state index in [9.17, 15) is 4.79 Å². The monoisotopic (exact) mass is 372 g/mol. The number of methoxy groups -OCH3 is 2. The first-order valence-electron chi connectivity index (χ1n) is 8.94. The minimum Gasteiger partial charge on any atom is -0.497 e. The van der Waals surface area contributed by atoms with E-state index < -0.39 is 0 Å². The number of benzene rings is 2. The van der Waals surface area contributed by atoms with Gasteiger partial charge in [-0.2, -0.15) is 0 Å². The molecule has 2 N–H and O–H groups in total. The molecule has 0 aliphatic rings. The van der Waals surface area contributed by atoms with Crippen molar-refractivity contribution in [2.45, 2.75) is 39.5 Å². The Hall–Kier alpha value is -2.89. The first-order chi connectivity index (χ1) is 12.9. The summed E-state index contributed by atoms with van der Waals surface area (Å²) in [5.41, 5.74) is 1.93. The normalized spacial score (nSPS) is 11.6. The summed E-state index contributed by atoms with van der Waals surface area (Å²) in [6.45, 7) is 6.28. The third kappa shape index (κ3) is 6.09. The van der Waals surface area contributed by atoms with Crippen LogP contribution in [0.15, 0.2) is 42.5 Å². The largest absolute Gasteiger partial charge is 0.497 e. The van der Waals surface area contributed by atoms with E-state index in [1.54, 1.807) is 14.2 Å². The van der Waals surface area contributed by atoms with Crippen molar-refractivity contribution in [3.05, 3.63) is 53.6 Å². The molecule has 0 aliphatic heterocycles. The molecule has 2 rings (SSSR count). The zero-order chi connectivity index (χ0) is 19.8. The van der Waals surface area contributed by atoms with Crippen LogP contribution in [0.5, 0.6) is 17.2 Å². The van der Waals surface area contributed by atoms with Gasteiger partial charge in [-0.15, -0.1) is 0 Å². The van der Waals surface area contributed by atoms with Gasteiger partial charge in [0.1, 0.15) is 5.75 Å². The molecule has 146 valence electrons. The Morgan fingerprint density at radius 1 is 0.963 bits per heavy atom. The number of carbonyl (C=O) groups excluding carboxylic acids is 1. The van der Waals surface area contributed by atoms with Crippen LogP contribution in [0.25, 0.3) is 0 Å². The highest BCUT2D eigenvalue weighted by atomic mass is 16.5. The Balaban J connectivity index is 1.92. The third-order valence-corrected chi connectivity index (χ3v) is 4.01. The van der Waals surface area contributed by atoms with Crippen LogP contribution < -0.4 is 24.8 Å². The second kappa shape index (κ2) is 9.71. The van der Waals surface area contributed by atoms with Crippen LogP contribution in [0.1, 0.15) is 37.9 Å². The number of urea groups is 1. The first-order valence-corrected chi connectivity index (χ1v) is 8.94. The van der Waals surface area contributed by atoms with Gasteiger partial charge in [-0.3, -0.25) is 0 Å². The Bertz CT molecular complexity index is 744. The standard InChI is InChI=1S/C21H28N2O4/c1-14(2)27-19-11-8-17(12-20(19)26-5)15(3)23-21(24)22-13-16-6-9-18(25-4)10-7-16/h6-12,14-15H,13H2,1-5H3,(H2,22,23,24). The molecule has 6 nitrogen and oxygen atoms in total. The number of carbonyl (C=O) groups is 1. The van der Waals surface area contributed by atoms with E-state index in [2.05, 4.69) is 10.6 Å². The van der Waals surface area contributed by atoms with E-state index in [4.69, 9.17) is 14.2 Å². The first kappa shape index (κ1) is 20.4. The number of hydrogen-bond acceptors (Lipinski definition) is 4. The molecule has 2 aromatic rings. The number of nitrogens with one attached hydrogen (secondary N) is 2. The van der Waals surface area contributed by atoms with Crippen molar-refractivity contribution in [1.29, 1.82) is 0 Å². The van der Waals surface area contributed by atoms with Crippen LogP contribution in [0.2, 0.25) is 0 Å². The maximum Gasteiger partial charge on any atom is 0.315 e. The molecule has 0 fully saturated rings. The zero-order valence-corrected chi connectivity index (χ0v) is 16.5. The smallest absolute Gasteiger partial charge is 0.315 e. The van der Waals surface area contributed by atoms with Gasteiger partial charge in [0, 0.05) is 6.54 Å². The van der Waals surface area contributed by atoms with Gasteiger partial charge >= 0.3 is 6.03 Å². The van der Waals surface area contributed by atoms with Crippen molar-refractivity contribution in [3.8, 4) is 17.2 Å². The summed E-state index contributed by atoms with van der Waals surface area (Å²) in [6, 6.07) is 12.8. The van der Waals surface area contributed by atoms with Crippen molar-refractivity contribution < 1.29 is 19.0 Å². The van der Waals surface area contributed by atoms with Gasteiger partial charge in [-0.25, -0.2) is 4.79 Å². The molecule has 0 aromatic heterocycles. The number of rotatable bonds is 8. The van der Waals surface area contributed by atoms with Gasteiger partial charge in [-0.05, 0) is 56.2 Å². The van der Waals surface area contributed by atoms with Crippen LogP contribution in [0.3, 0.4) is 0 Å². The fraction of sp³-hybridized carbons (Fsp3) is 0.381. The van der Waals surface area contributed by atoms with Gasteiger partial charge in [0.2, 0.25) is 0 Å². The second-order valence-electron chi connectivity index (χ2n) is 6.47. The maximum absolute atomic E-state index is 12.2. The van der Waals surface area contributed by atoms with E-state index in [1.165, 1.54) is 0 Å². The molecular formula is C21H28N2O4. The second-order valence-corrected chi connectivity index (χ2v) is 6.47. The zero-order valence-electron chi connectivity index (χ0n) is 16.5. The Morgan fingerprint density at radius 2 is 1.67 bits per heavy atom. The maximum atomic E-state index is 12.2. The quantitative estimate of drug-likeness (QED) is 0.733. The molecule has 6 heteroatoms. The van der Waals surface area contributed by atoms with E-state index in [-0.39, 0.29) is 18.2 Å². The number of hydrogen-bond donors (Lipinski definition) is 2. The topological polar surface area (TPSA) is 68.8 Å². The van der Waals surface area contributed by atoms with E-state index in [0.29, 0.717) is 18.0 Å². The predicted octanol–water partition coefficient (Wildman–Crippen LogP) is 4.05. The molecule has 2 aromatic carbocycles. The molecule has 0 spiro atoms. The lowest BCUT2D eigenvalue weighted by molar-refractivity contribution is 0.230. The molecule has 0 saturated heterocycles. The molecule has 0 heterocycles. The molecule has 2 amide bonds. The Morgan fingerprint density at radius 3 is 2.26 bits per heavy atom. The lowest BCUT2D eigenvalue weighted by Crippen LogP contribution is -2.36. The van der Waals surface area contributed by atoms with Crippen LogP contribution in [-0.2, 0) is 6.54 Å². The lowest BCUT2D eigenvalue weighted by Gasteiger charge is -2.18. The van der Waals surface area contributed by atoms with Crippen molar-refractivity contribution in [2.24, 2.45) is 0 Å². The third-order valence-electron chi connectivity index (χ3n) is 4.01. The van der Waals surface area contributed by atoms with Crippen molar-refractivity contribution in [3.63, 3.8) is 0 Å². The Kier molecular flexibility index (Phi) is 7.34. The van der Waals surface area contributed by atoms with Crippen molar-refractivity contribution in [2.75, 3.05) is 14.2 Å². The van der Waals surface area contributed by atoms with Crippen molar-refractivity contribution in [1.82, 2.24) is 10.6 Å². The van der Waals surface area contributed by atoms with Gasteiger partial charge in [0.15, 0.2) is 11.5 Å². The summed E-state index contributed by atoms with van der Waals surface area (Å²) in [6.07, 6.45) is 0.0593. The van der Waals surface area contributed by atoms with Gasteiger partial charge in [0.05, 0.1) is 26.4 Å². The van der Waals surface area contributed by atoms with Gasteiger partial charge in [-0.1, -0.05) is 18.2 Å². The lowest BCUT2D eigenvalue weighted by atomic mass is 10.1. The summed E-state index contributed by atoms with van der Waals surface area (Å²) < 4.78 is 16.3. The Labute approximate surface area is 160 Å². The van der Waals surface area contributed by atoms with Crippen molar-refractivity contribution >= 4 is 6.03 Å². The number of ether oxygens (including phenoxy) is 3. The minimum absolute atomic E-state index is 0.0593. The predicted molar refractivity (Wildman–Crippen MR) is 106 cm³/mol. The summed E-state index contributed by atoms with van der Waals surface area (Å²) in [5.74, 6) is 2.12. The molecule has 0 saturated carbocycles.